The van der Waals surface area contributed by atoms with Gasteiger partial charge in [-0.2, -0.15) is 5.26 Å². The van der Waals surface area contributed by atoms with E-state index in [1.54, 1.807) is 41.8 Å². The lowest BCUT2D eigenvalue weighted by Crippen LogP contribution is -2.27. The molecule has 6 nitrogen and oxygen atoms in total. The van der Waals surface area contributed by atoms with Crippen molar-refractivity contribution in [1.29, 1.82) is 5.26 Å². The number of amides is 1. The highest BCUT2D eigenvalue weighted by atomic mass is 32.2. The molecular weight excluding hydrogens is 384 g/mol. The van der Waals surface area contributed by atoms with Gasteiger partial charge in [-0.05, 0) is 43.7 Å². The van der Waals surface area contributed by atoms with Crippen LogP contribution in [-0.4, -0.2) is 20.7 Å². The zero-order valence-electron chi connectivity index (χ0n) is 16.4. The number of nitrogens with zero attached hydrogens (tertiary/aromatic N) is 3. The summed E-state index contributed by atoms with van der Waals surface area (Å²) >= 11 is 1.26. The van der Waals surface area contributed by atoms with Crippen molar-refractivity contribution in [2.45, 2.75) is 43.6 Å². The molecule has 1 amide bonds. The van der Waals surface area contributed by atoms with Crippen molar-refractivity contribution < 1.29 is 4.79 Å². The van der Waals surface area contributed by atoms with E-state index in [1.807, 2.05) is 18.2 Å². The third-order valence-electron chi connectivity index (χ3n) is 4.47. The predicted molar refractivity (Wildman–Crippen MR) is 116 cm³/mol. The van der Waals surface area contributed by atoms with Gasteiger partial charge in [0.2, 0.25) is 5.91 Å². The van der Waals surface area contributed by atoms with Crippen molar-refractivity contribution in [2.75, 3.05) is 5.32 Å². The Hall–Kier alpha value is -3.11. The molecule has 2 aromatic carbocycles. The third-order valence-corrected chi connectivity index (χ3v) is 5.56. The maximum absolute atomic E-state index is 12.9. The summed E-state index contributed by atoms with van der Waals surface area (Å²) in [5.41, 5.74) is 1.59. The molecule has 0 bridgehead atoms. The number of anilines is 1. The Bertz CT molecular complexity index is 1130. The Labute approximate surface area is 173 Å². The van der Waals surface area contributed by atoms with E-state index in [0.29, 0.717) is 33.9 Å². The van der Waals surface area contributed by atoms with Gasteiger partial charge in [0.25, 0.3) is 5.56 Å². The van der Waals surface area contributed by atoms with Gasteiger partial charge in [-0.25, -0.2) is 4.98 Å². The summed E-state index contributed by atoms with van der Waals surface area (Å²) in [5.74, 6) is -0.213. The number of nitrogens with one attached hydrogen (secondary N) is 1. The zero-order chi connectivity index (χ0) is 20.8. The monoisotopic (exact) mass is 406 g/mol. The smallest absolute Gasteiger partial charge is 0.262 e. The second-order valence-corrected chi connectivity index (χ2v) is 7.97. The fourth-order valence-electron chi connectivity index (χ4n) is 2.87. The highest BCUT2D eigenvalue weighted by Crippen LogP contribution is 2.24. The molecule has 0 aliphatic heterocycles. The van der Waals surface area contributed by atoms with Crippen molar-refractivity contribution in [3.63, 3.8) is 0 Å². The molecule has 0 aliphatic carbocycles. The van der Waals surface area contributed by atoms with Crippen LogP contribution >= 0.6 is 11.8 Å². The summed E-state index contributed by atoms with van der Waals surface area (Å²) in [6.07, 6.45) is 1.81. The summed E-state index contributed by atoms with van der Waals surface area (Å²) in [6, 6.07) is 16.1. The predicted octanol–water partition coefficient (Wildman–Crippen LogP) is 4.19. The van der Waals surface area contributed by atoms with Crippen molar-refractivity contribution >= 4 is 34.3 Å². The number of carbonyl (C=O) groups excluding carboxylic acids is 1. The molecule has 0 unspecified atom stereocenters. The van der Waals surface area contributed by atoms with Crippen molar-refractivity contribution in [1.82, 2.24) is 9.55 Å². The molecule has 7 heteroatoms. The molecule has 1 heterocycles. The minimum atomic E-state index is -0.471. The fraction of sp³-hybridized carbons (Fsp3) is 0.273. The van der Waals surface area contributed by atoms with Crippen molar-refractivity contribution in [3.05, 3.63) is 64.4 Å². The first-order valence-electron chi connectivity index (χ1n) is 9.50. The van der Waals surface area contributed by atoms with Crippen LogP contribution in [-0.2, 0) is 11.3 Å². The quantitative estimate of drug-likeness (QED) is 0.470. The van der Waals surface area contributed by atoms with Crippen LogP contribution in [0, 0.1) is 11.3 Å². The molecule has 1 aromatic heterocycles. The first-order chi connectivity index (χ1) is 14.0. The number of thioether (sulfide) groups is 1. The highest BCUT2D eigenvalue weighted by molar-refractivity contribution is 8.00. The van der Waals surface area contributed by atoms with Gasteiger partial charge in [-0.1, -0.05) is 43.3 Å². The summed E-state index contributed by atoms with van der Waals surface area (Å²) in [6.45, 7) is 4.41. The lowest BCUT2D eigenvalue weighted by atomic mass is 10.2. The number of aromatic nitrogens is 2. The largest absolute Gasteiger partial charge is 0.325 e. The van der Waals surface area contributed by atoms with E-state index < -0.39 is 5.25 Å². The van der Waals surface area contributed by atoms with E-state index in [1.165, 1.54) is 11.8 Å². The molecule has 0 aliphatic rings. The van der Waals surface area contributed by atoms with E-state index in [4.69, 9.17) is 5.26 Å². The van der Waals surface area contributed by atoms with Crippen LogP contribution in [0.5, 0.6) is 0 Å². The van der Waals surface area contributed by atoms with Gasteiger partial charge >= 0.3 is 0 Å². The van der Waals surface area contributed by atoms with Crippen LogP contribution in [0.25, 0.3) is 10.9 Å². The standard InChI is InChI=1S/C22H22N4O2S/c1-3-4-12-26-21(28)18-10-5-6-11-19(18)25-22(26)29-15(2)20(27)24-17-9-7-8-16(13-17)14-23/h5-11,13,15H,3-4,12H2,1-2H3,(H,24,27)/t15-/m1/s1. The first kappa shape index (κ1) is 20.6. The molecular formula is C22H22N4O2S. The molecule has 0 saturated heterocycles. The van der Waals surface area contributed by atoms with Gasteiger partial charge in [-0.3, -0.25) is 14.2 Å². The van der Waals surface area contributed by atoms with Gasteiger partial charge in [0.05, 0.1) is 27.8 Å². The van der Waals surface area contributed by atoms with E-state index in [-0.39, 0.29) is 11.5 Å². The van der Waals surface area contributed by atoms with E-state index in [2.05, 4.69) is 23.3 Å². The van der Waals surface area contributed by atoms with Crippen LogP contribution in [0.3, 0.4) is 0 Å². The Kier molecular flexibility index (Phi) is 6.68. The van der Waals surface area contributed by atoms with E-state index in [0.717, 1.165) is 12.8 Å². The maximum Gasteiger partial charge on any atom is 0.262 e. The number of fused-ring (bicyclic) bond motifs is 1. The Morgan fingerprint density at radius 2 is 2.07 bits per heavy atom. The summed E-state index contributed by atoms with van der Waals surface area (Å²) in [4.78, 5) is 30.3. The summed E-state index contributed by atoms with van der Waals surface area (Å²) < 4.78 is 1.66. The van der Waals surface area contributed by atoms with Gasteiger partial charge in [0.1, 0.15) is 0 Å². The molecule has 0 fully saturated rings. The molecule has 29 heavy (non-hydrogen) atoms. The first-order valence-corrected chi connectivity index (χ1v) is 10.4. The van der Waals surface area contributed by atoms with Gasteiger partial charge in [0.15, 0.2) is 5.16 Å². The van der Waals surface area contributed by atoms with Crippen LogP contribution in [0.4, 0.5) is 5.69 Å². The number of benzene rings is 2. The average Bonchev–Trinajstić information content (AvgIpc) is 2.73. The number of carbonyl (C=O) groups is 1. The molecule has 0 spiro atoms. The number of para-hydroxylation sites is 1. The molecule has 1 atom stereocenters. The SMILES string of the molecule is CCCCn1c(S[C@H](C)C(=O)Nc2cccc(C#N)c2)nc2ccccc2c1=O. The molecule has 0 saturated carbocycles. The van der Waals surface area contributed by atoms with E-state index in [9.17, 15) is 9.59 Å². The van der Waals surface area contributed by atoms with Gasteiger partial charge < -0.3 is 5.32 Å². The van der Waals surface area contributed by atoms with E-state index >= 15 is 0 Å². The number of nitriles is 1. The number of unbranched alkanes of at least 4 members (excludes halogenated alkanes) is 1. The normalized spacial score (nSPS) is 11.8. The van der Waals surface area contributed by atoms with Crippen molar-refractivity contribution in [2.24, 2.45) is 0 Å². The van der Waals surface area contributed by atoms with Crippen LogP contribution in [0.1, 0.15) is 32.3 Å². The minimum Gasteiger partial charge on any atom is -0.325 e. The molecule has 3 rings (SSSR count). The summed E-state index contributed by atoms with van der Waals surface area (Å²) in [5, 5.41) is 12.5. The zero-order valence-corrected chi connectivity index (χ0v) is 17.2. The Morgan fingerprint density at radius 3 is 2.83 bits per heavy atom. The van der Waals surface area contributed by atoms with Gasteiger partial charge in [0, 0.05) is 12.2 Å². The Morgan fingerprint density at radius 1 is 1.28 bits per heavy atom. The second-order valence-electron chi connectivity index (χ2n) is 6.66. The Balaban J connectivity index is 1.86. The minimum absolute atomic E-state index is 0.0825. The lowest BCUT2D eigenvalue weighted by Gasteiger charge is -2.16. The third kappa shape index (κ3) is 4.84. The van der Waals surface area contributed by atoms with Crippen LogP contribution < -0.4 is 10.9 Å². The number of hydrogen-bond donors (Lipinski definition) is 1. The van der Waals surface area contributed by atoms with Gasteiger partial charge in [-0.15, -0.1) is 0 Å². The number of rotatable bonds is 7. The van der Waals surface area contributed by atoms with Crippen LogP contribution in [0.2, 0.25) is 0 Å². The highest BCUT2D eigenvalue weighted by Gasteiger charge is 2.19. The number of hydrogen-bond acceptors (Lipinski definition) is 5. The fourth-order valence-corrected chi connectivity index (χ4v) is 3.81. The molecule has 0 radical (unpaired) electrons. The maximum atomic E-state index is 12.9. The summed E-state index contributed by atoms with van der Waals surface area (Å²) in [7, 11) is 0. The molecule has 3 aromatic rings. The lowest BCUT2D eigenvalue weighted by molar-refractivity contribution is -0.115. The van der Waals surface area contributed by atoms with Crippen LogP contribution in [0.15, 0.2) is 58.5 Å². The second kappa shape index (κ2) is 9.39. The topological polar surface area (TPSA) is 87.8 Å². The molecule has 148 valence electrons. The molecule has 1 N–H and O–H groups in total. The van der Waals surface area contributed by atoms with Crippen molar-refractivity contribution in [3.8, 4) is 6.07 Å². The average molecular weight is 407 g/mol.